The molecular formula is C15H24FN3O2. The van der Waals surface area contributed by atoms with E-state index in [0.29, 0.717) is 18.8 Å². The zero-order valence-corrected chi connectivity index (χ0v) is 12.9. The van der Waals surface area contributed by atoms with Crippen LogP contribution in [0.4, 0.5) is 4.39 Å². The summed E-state index contributed by atoms with van der Waals surface area (Å²) in [6.45, 7) is 7.08. The van der Waals surface area contributed by atoms with Crippen LogP contribution < -0.4 is 16.0 Å². The lowest BCUT2D eigenvalue weighted by atomic mass is 9.86. The van der Waals surface area contributed by atoms with Gasteiger partial charge in [0, 0.05) is 24.2 Å². The Morgan fingerprint density at radius 2 is 2.05 bits per heavy atom. The van der Waals surface area contributed by atoms with Gasteiger partial charge in [-0.25, -0.2) is 4.39 Å². The summed E-state index contributed by atoms with van der Waals surface area (Å²) in [5, 5.41) is 0. The van der Waals surface area contributed by atoms with Crippen molar-refractivity contribution in [1.29, 1.82) is 0 Å². The topological polar surface area (TPSA) is 59.8 Å². The van der Waals surface area contributed by atoms with Crippen molar-refractivity contribution < 1.29 is 13.9 Å². The van der Waals surface area contributed by atoms with Crippen molar-refractivity contribution in [2.75, 3.05) is 33.4 Å². The third kappa shape index (κ3) is 3.18. The summed E-state index contributed by atoms with van der Waals surface area (Å²) in [5.41, 5.74) is 2.92. The molecule has 21 heavy (non-hydrogen) atoms. The number of halogens is 1. The van der Waals surface area contributed by atoms with Gasteiger partial charge in [-0.15, -0.1) is 0 Å². The minimum Gasteiger partial charge on any atom is -0.494 e. The van der Waals surface area contributed by atoms with Crippen molar-refractivity contribution in [3.8, 4) is 5.75 Å². The van der Waals surface area contributed by atoms with Gasteiger partial charge in [-0.2, -0.15) is 0 Å². The average Bonchev–Trinajstić information content (AvgIpc) is 2.50. The zero-order chi connectivity index (χ0) is 15.5. The van der Waals surface area contributed by atoms with Crippen LogP contribution in [0.5, 0.6) is 5.75 Å². The Hall–Kier alpha value is -1.21. The number of rotatable bonds is 5. The molecule has 0 saturated carbocycles. The van der Waals surface area contributed by atoms with Crippen LogP contribution in [0.25, 0.3) is 0 Å². The van der Waals surface area contributed by atoms with Crippen LogP contribution in [0.3, 0.4) is 0 Å². The van der Waals surface area contributed by atoms with E-state index in [1.807, 2.05) is 0 Å². The van der Waals surface area contributed by atoms with E-state index in [9.17, 15) is 4.39 Å². The maximum atomic E-state index is 14.5. The molecule has 1 fully saturated rings. The standard InChI is InChI=1S/C15H24FN3O2/c1-15(2,19-7-9-21-10-8-19)14(18-17)11-5-4-6-12(20-3)13(11)16/h4-6,14,18H,7-10,17H2,1-3H3. The van der Waals surface area contributed by atoms with Gasteiger partial charge in [-0.05, 0) is 19.9 Å². The molecule has 0 aromatic heterocycles. The van der Waals surface area contributed by atoms with E-state index < -0.39 is 0 Å². The molecule has 0 radical (unpaired) electrons. The van der Waals surface area contributed by atoms with E-state index in [-0.39, 0.29) is 23.1 Å². The lowest BCUT2D eigenvalue weighted by molar-refractivity contribution is -0.0243. The average molecular weight is 297 g/mol. The van der Waals surface area contributed by atoms with E-state index in [0.717, 1.165) is 13.1 Å². The minimum absolute atomic E-state index is 0.227. The van der Waals surface area contributed by atoms with Crippen molar-refractivity contribution in [3.63, 3.8) is 0 Å². The van der Waals surface area contributed by atoms with Crippen molar-refractivity contribution in [1.82, 2.24) is 10.3 Å². The third-order valence-corrected chi connectivity index (χ3v) is 4.22. The molecule has 1 saturated heterocycles. The van der Waals surface area contributed by atoms with Gasteiger partial charge >= 0.3 is 0 Å². The summed E-state index contributed by atoms with van der Waals surface area (Å²) in [5.74, 6) is 5.60. The van der Waals surface area contributed by atoms with Crippen molar-refractivity contribution >= 4 is 0 Å². The Labute approximate surface area is 125 Å². The van der Waals surface area contributed by atoms with Crippen molar-refractivity contribution in [2.24, 2.45) is 5.84 Å². The highest BCUT2D eigenvalue weighted by Crippen LogP contribution is 2.34. The quantitative estimate of drug-likeness (QED) is 0.636. The fourth-order valence-electron chi connectivity index (χ4n) is 2.90. The number of methoxy groups -OCH3 is 1. The fourth-order valence-corrected chi connectivity index (χ4v) is 2.90. The third-order valence-electron chi connectivity index (χ3n) is 4.22. The lowest BCUT2D eigenvalue weighted by Crippen LogP contribution is -2.57. The van der Waals surface area contributed by atoms with Crippen LogP contribution in [0.1, 0.15) is 25.5 Å². The number of morpholine rings is 1. The molecule has 3 N–H and O–H groups in total. The molecule has 1 aromatic rings. The first kappa shape index (κ1) is 16.2. The molecule has 0 spiro atoms. The predicted octanol–water partition coefficient (Wildman–Crippen LogP) is 1.45. The maximum absolute atomic E-state index is 14.5. The first-order valence-electron chi connectivity index (χ1n) is 7.13. The number of nitrogens with zero attached hydrogens (tertiary/aromatic N) is 1. The monoisotopic (exact) mass is 297 g/mol. The van der Waals surface area contributed by atoms with Crippen LogP contribution in [-0.2, 0) is 4.74 Å². The summed E-state index contributed by atoms with van der Waals surface area (Å²) in [4.78, 5) is 2.26. The van der Waals surface area contributed by atoms with E-state index in [2.05, 4.69) is 24.2 Å². The number of nitrogens with two attached hydrogens (primary N) is 1. The number of hydrogen-bond donors (Lipinski definition) is 2. The first-order chi connectivity index (χ1) is 10.0. The zero-order valence-electron chi connectivity index (χ0n) is 12.9. The highest BCUT2D eigenvalue weighted by atomic mass is 19.1. The second kappa shape index (κ2) is 6.70. The van der Waals surface area contributed by atoms with Gasteiger partial charge in [0.1, 0.15) is 0 Å². The summed E-state index contributed by atoms with van der Waals surface area (Å²) in [6.07, 6.45) is 0. The molecule has 118 valence electrons. The van der Waals surface area contributed by atoms with Crippen LogP contribution >= 0.6 is 0 Å². The Bertz CT molecular complexity index is 476. The smallest absolute Gasteiger partial charge is 0.169 e. The van der Waals surface area contributed by atoms with Crippen LogP contribution in [0.2, 0.25) is 0 Å². The van der Waals surface area contributed by atoms with Gasteiger partial charge < -0.3 is 9.47 Å². The van der Waals surface area contributed by atoms with E-state index in [1.54, 1.807) is 18.2 Å². The van der Waals surface area contributed by atoms with Gasteiger partial charge in [-0.1, -0.05) is 12.1 Å². The van der Waals surface area contributed by atoms with E-state index >= 15 is 0 Å². The van der Waals surface area contributed by atoms with Gasteiger partial charge in [0.2, 0.25) is 0 Å². The molecular weight excluding hydrogens is 273 g/mol. The SMILES string of the molecule is COc1cccc(C(NN)C(C)(C)N2CCOCC2)c1F. The molecule has 6 heteroatoms. The minimum atomic E-state index is -0.371. The van der Waals surface area contributed by atoms with Gasteiger partial charge in [0.05, 0.1) is 26.4 Å². The number of benzene rings is 1. The molecule has 0 amide bonds. The molecule has 1 aromatic carbocycles. The highest BCUT2D eigenvalue weighted by molar-refractivity contribution is 5.34. The molecule has 1 aliphatic rings. The van der Waals surface area contributed by atoms with Crippen molar-refractivity contribution in [2.45, 2.75) is 25.4 Å². The van der Waals surface area contributed by atoms with Crippen LogP contribution in [-0.4, -0.2) is 43.9 Å². The second-order valence-electron chi connectivity index (χ2n) is 5.72. The summed E-state index contributed by atoms with van der Waals surface area (Å²) in [7, 11) is 1.46. The Kier molecular flexibility index (Phi) is 5.16. The van der Waals surface area contributed by atoms with Gasteiger partial charge in [0.15, 0.2) is 11.6 Å². The fraction of sp³-hybridized carbons (Fsp3) is 0.600. The summed E-state index contributed by atoms with van der Waals surface area (Å²) < 4.78 is 25.0. The molecule has 1 atom stereocenters. The molecule has 5 nitrogen and oxygen atoms in total. The number of ether oxygens (including phenoxy) is 2. The number of nitrogens with one attached hydrogen (secondary N) is 1. The molecule has 1 aliphatic heterocycles. The normalized spacial score (nSPS) is 18.5. The Balaban J connectivity index is 2.33. The Morgan fingerprint density at radius 3 is 2.62 bits per heavy atom. The first-order valence-corrected chi connectivity index (χ1v) is 7.13. The summed E-state index contributed by atoms with van der Waals surface area (Å²) >= 11 is 0. The molecule has 1 unspecified atom stereocenters. The van der Waals surface area contributed by atoms with Gasteiger partial charge in [-0.3, -0.25) is 16.2 Å². The molecule has 1 heterocycles. The van der Waals surface area contributed by atoms with Crippen LogP contribution in [0.15, 0.2) is 18.2 Å². The van der Waals surface area contributed by atoms with E-state index in [4.69, 9.17) is 15.3 Å². The Morgan fingerprint density at radius 1 is 1.38 bits per heavy atom. The lowest BCUT2D eigenvalue weighted by Gasteiger charge is -2.45. The highest BCUT2D eigenvalue weighted by Gasteiger charge is 2.38. The maximum Gasteiger partial charge on any atom is 0.169 e. The molecule has 0 aliphatic carbocycles. The molecule has 0 bridgehead atoms. The number of hydrogen-bond acceptors (Lipinski definition) is 5. The number of hydrazine groups is 1. The van der Waals surface area contributed by atoms with Crippen LogP contribution in [0, 0.1) is 5.82 Å². The largest absolute Gasteiger partial charge is 0.494 e. The second-order valence-corrected chi connectivity index (χ2v) is 5.72. The van der Waals surface area contributed by atoms with Crippen molar-refractivity contribution in [3.05, 3.63) is 29.6 Å². The molecule has 2 rings (SSSR count). The van der Waals surface area contributed by atoms with Gasteiger partial charge in [0.25, 0.3) is 0 Å². The van der Waals surface area contributed by atoms with E-state index in [1.165, 1.54) is 7.11 Å². The summed E-state index contributed by atoms with van der Waals surface area (Å²) in [6, 6.07) is 4.76. The predicted molar refractivity (Wildman–Crippen MR) is 79.5 cm³/mol.